The summed E-state index contributed by atoms with van der Waals surface area (Å²) in [5.41, 5.74) is 0. The molecule has 0 saturated carbocycles. The Morgan fingerprint density at radius 2 is 1.92 bits per heavy atom. The molecule has 13 heavy (non-hydrogen) atoms. The van der Waals surface area contributed by atoms with E-state index < -0.39 is 12.1 Å². The van der Waals surface area contributed by atoms with Crippen LogP contribution in [-0.4, -0.2) is 31.2 Å². The third kappa shape index (κ3) is 3.18. The van der Waals surface area contributed by atoms with E-state index in [0.29, 0.717) is 6.54 Å². The maximum Gasteiger partial charge on any atom is 0.391 e. The first-order chi connectivity index (χ1) is 5.89. The minimum atomic E-state index is -4.00. The quantitative estimate of drug-likeness (QED) is 0.574. The molecule has 1 fully saturated rings. The second-order valence-electron chi connectivity index (χ2n) is 4.13. The molecule has 1 nitrogen and oxygen atoms in total. The molecule has 0 aromatic carbocycles. The Bertz CT molecular complexity index is 167. The van der Waals surface area contributed by atoms with Crippen LogP contribution in [0.3, 0.4) is 0 Å². The summed E-state index contributed by atoms with van der Waals surface area (Å²) in [4.78, 5) is 1.98. The summed E-state index contributed by atoms with van der Waals surface area (Å²) < 4.78 is 37.2. The minimum absolute atomic E-state index is 0.152. The van der Waals surface area contributed by atoms with Crippen molar-refractivity contribution >= 4 is 0 Å². The van der Waals surface area contributed by atoms with Gasteiger partial charge >= 0.3 is 6.18 Å². The molecule has 1 aliphatic heterocycles. The predicted octanol–water partition coefficient (Wildman–Crippen LogP) is 2.53. The lowest BCUT2D eigenvalue weighted by Gasteiger charge is -2.19. The maximum atomic E-state index is 12.4. The SMILES string of the molecule is CC1CC(C(F)(F)F)CCN(C)C1. The van der Waals surface area contributed by atoms with Gasteiger partial charge in [-0.05, 0) is 32.4 Å². The molecule has 0 aromatic heterocycles. The highest BCUT2D eigenvalue weighted by molar-refractivity contribution is 4.76. The first-order valence-electron chi connectivity index (χ1n) is 4.65. The van der Waals surface area contributed by atoms with E-state index in [1.807, 2.05) is 18.9 Å². The van der Waals surface area contributed by atoms with Crippen molar-refractivity contribution in [1.29, 1.82) is 0 Å². The average Bonchev–Trinajstić information content (AvgIpc) is 2.09. The van der Waals surface area contributed by atoms with Gasteiger partial charge < -0.3 is 4.90 Å². The predicted molar refractivity (Wildman–Crippen MR) is 45.4 cm³/mol. The second-order valence-corrected chi connectivity index (χ2v) is 4.13. The summed E-state index contributed by atoms with van der Waals surface area (Å²) in [7, 11) is 1.88. The van der Waals surface area contributed by atoms with E-state index >= 15 is 0 Å². The van der Waals surface area contributed by atoms with Gasteiger partial charge in [0.1, 0.15) is 0 Å². The van der Waals surface area contributed by atoms with Gasteiger partial charge in [0.05, 0.1) is 5.92 Å². The van der Waals surface area contributed by atoms with Crippen LogP contribution < -0.4 is 0 Å². The first-order valence-corrected chi connectivity index (χ1v) is 4.65. The largest absolute Gasteiger partial charge is 0.391 e. The molecule has 1 heterocycles. The van der Waals surface area contributed by atoms with E-state index in [-0.39, 0.29) is 18.8 Å². The Balaban J connectivity index is 2.58. The van der Waals surface area contributed by atoms with Crippen molar-refractivity contribution in [2.24, 2.45) is 11.8 Å². The molecule has 0 spiro atoms. The first kappa shape index (κ1) is 10.8. The Labute approximate surface area is 76.9 Å². The summed E-state index contributed by atoms with van der Waals surface area (Å²) in [6, 6.07) is 0. The normalized spacial score (nSPS) is 33.0. The third-order valence-electron chi connectivity index (χ3n) is 2.63. The highest BCUT2D eigenvalue weighted by Crippen LogP contribution is 2.35. The van der Waals surface area contributed by atoms with Crippen LogP contribution in [0, 0.1) is 11.8 Å². The summed E-state index contributed by atoms with van der Waals surface area (Å²) in [5.74, 6) is -0.938. The molecule has 1 aliphatic rings. The highest BCUT2D eigenvalue weighted by Gasteiger charge is 2.40. The monoisotopic (exact) mass is 195 g/mol. The number of likely N-dealkylation sites (tertiary alicyclic amines) is 1. The average molecular weight is 195 g/mol. The number of alkyl halides is 3. The zero-order valence-corrected chi connectivity index (χ0v) is 8.06. The van der Waals surface area contributed by atoms with Gasteiger partial charge in [0.2, 0.25) is 0 Å². The molecule has 0 N–H and O–H groups in total. The molecule has 2 atom stereocenters. The molecular weight excluding hydrogens is 179 g/mol. The van der Waals surface area contributed by atoms with Crippen molar-refractivity contribution < 1.29 is 13.2 Å². The van der Waals surface area contributed by atoms with Crippen LogP contribution in [0.5, 0.6) is 0 Å². The summed E-state index contributed by atoms with van der Waals surface area (Å²) >= 11 is 0. The highest BCUT2D eigenvalue weighted by atomic mass is 19.4. The van der Waals surface area contributed by atoms with Crippen molar-refractivity contribution in [1.82, 2.24) is 4.90 Å². The zero-order chi connectivity index (χ0) is 10.1. The molecule has 0 aliphatic carbocycles. The number of hydrogen-bond acceptors (Lipinski definition) is 1. The number of nitrogens with zero attached hydrogens (tertiary/aromatic N) is 1. The molecule has 0 radical (unpaired) electrons. The molecule has 4 heteroatoms. The molecule has 1 saturated heterocycles. The number of halogens is 3. The molecule has 0 bridgehead atoms. The van der Waals surface area contributed by atoms with Gasteiger partial charge in [-0.15, -0.1) is 0 Å². The second kappa shape index (κ2) is 3.86. The van der Waals surface area contributed by atoms with E-state index in [9.17, 15) is 13.2 Å². The smallest absolute Gasteiger partial charge is 0.306 e. The molecule has 1 rings (SSSR count). The van der Waals surface area contributed by atoms with Crippen LogP contribution in [-0.2, 0) is 0 Å². The maximum absolute atomic E-state index is 12.4. The molecule has 2 unspecified atom stereocenters. The zero-order valence-electron chi connectivity index (χ0n) is 8.06. The van der Waals surface area contributed by atoms with Crippen molar-refractivity contribution in [2.75, 3.05) is 20.1 Å². The Morgan fingerprint density at radius 1 is 1.31 bits per heavy atom. The van der Waals surface area contributed by atoms with Crippen molar-refractivity contribution in [3.63, 3.8) is 0 Å². The van der Waals surface area contributed by atoms with Gasteiger partial charge in [0.15, 0.2) is 0 Å². The van der Waals surface area contributed by atoms with Gasteiger partial charge in [-0.2, -0.15) is 13.2 Å². The fourth-order valence-corrected chi connectivity index (χ4v) is 1.97. The van der Waals surface area contributed by atoms with Crippen LogP contribution >= 0.6 is 0 Å². The van der Waals surface area contributed by atoms with Crippen LogP contribution in [0.4, 0.5) is 13.2 Å². The van der Waals surface area contributed by atoms with Crippen LogP contribution in [0.25, 0.3) is 0 Å². The van der Waals surface area contributed by atoms with Gasteiger partial charge in [-0.1, -0.05) is 6.92 Å². The molecular formula is C9H16F3N. The summed E-state index contributed by atoms with van der Waals surface area (Å²) in [5, 5.41) is 0. The Kier molecular flexibility index (Phi) is 3.22. The molecule has 78 valence electrons. The summed E-state index contributed by atoms with van der Waals surface area (Å²) in [6.45, 7) is 3.24. The molecule has 0 amide bonds. The van der Waals surface area contributed by atoms with E-state index in [1.165, 1.54) is 0 Å². The molecule has 0 aromatic rings. The van der Waals surface area contributed by atoms with E-state index in [2.05, 4.69) is 0 Å². The van der Waals surface area contributed by atoms with Gasteiger partial charge in [0.25, 0.3) is 0 Å². The lowest BCUT2D eigenvalue weighted by atomic mass is 9.94. The lowest BCUT2D eigenvalue weighted by molar-refractivity contribution is -0.178. The summed E-state index contributed by atoms with van der Waals surface area (Å²) in [6.07, 6.45) is -3.46. The Morgan fingerprint density at radius 3 is 2.46 bits per heavy atom. The fraction of sp³-hybridized carbons (Fsp3) is 1.00. The van der Waals surface area contributed by atoms with E-state index in [4.69, 9.17) is 0 Å². The van der Waals surface area contributed by atoms with Gasteiger partial charge in [-0.3, -0.25) is 0 Å². The van der Waals surface area contributed by atoms with E-state index in [0.717, 1.165) is 6.54 Å². The lowest BCUT2D eigenvalue weighted by Crippen LogP contribution is -2.24. The van der Waals surface area contributed by atoms with Crippen LogP contribution in [0.1, 0.15) is 19.8 Å². The van der Waals surface area contributed by atoms with E-state index in [1.54, 1.807) is 0 Å². The van der Waals surface area contributed by atoms with Crippen LogP contribution in [0.15, 0.2) is 0 Å². The fourth-order valence-electron chi connectivity index (χ4n) is 1.97. The number of hydrogen-bond donors (Lipinski definition) is 0. The topological polar surface area (TPSA) is 3.24 Å². The van der Waals surface area contributed by atoms with Crippen LogP contribution in [0.2, 0.25) is 0 Å². The number of rotatable bonds is 0. The van der Waals surface area contributed by atoms with Gasteiger partial charge in [0, 0.05) is 6.54 Å². The third-order valence-corrected chi connectivity index (χ3v) is 2.63. The van der Waals surface area contributed by atoms with Crippen molar-refractivity contribution in [3.05, 3.63) is 0 Å². The van der Waals surface area contributed by atoms with Crippen molar-refractivity contribution in [2.45, 2.75) is 25.9 Å². The standard InChI is InChI=1S/C9H16F3N/c1-7-5-8(9(10,11)12)3-4-13(2)6-7/h7-8H,3-6H2,1-2H3. The van der Waals surface area contributed by atoms with Crippen molar-refractivity contribution in [3.8, 4) is 0 Å². The van der Waals surface area contributed by atoms with Gasteiger partial charge in [-0.25, -0.2) is 0 Å². The minimum Gasteiger partial charge on any atom is -0.306 e. The Hall–Kier alpha value is -0.250.